The molecule has 114 valence electrons. The van der Waals surface area contributed by atoms with E-state index in [0.29, 0.717) is 6.04 Å². The first-order valence-corrected chi connectivity index (χ1v) is 8.72. The standard InChI is InChI=1S/C16H21BrN2OS/c1-5-8-18-10(2)15-11(3)19-16(21-15)12-6-7-14(20-4)13(17)9-12/h6-7,9-10,18H,5,8H2,1-4H3. The van der Waals surface area contributed by atoms with E-state index in [2.05, 4.69) is 54.2 Å². The fourth-order valence-corrected chi connectivity index (χ4v) is 3.82. The van der Waals surface area contributed by atoms with Gasteiger partial charge in [0.15, 0.2) is 0 Å². The van der Waals surface area contributed by atoms with E-state index in [1.807, 2.05) is 6.07 Å². The highest BCUT2D eigenvalue weighted by Gasteiger charge is 2.15. The molecule has 5 heteroatoms. The highest BCUT2D eigenvalue weighted by Crippen LogP contribution is 2.35. The number of halogens is 1. The lowest BCUT2D eigenvalue weighted by atomic mass is 10.2. The molecule has 1 aromatic carbocycles. The Morgan fingerprint density at radius 1 is 1.43 bits per heavy atom. The number of methoxy groups -OCH3 is 1. The van der Waals surface area contributed by atoms with Gasteiger partial charge >= 0.3 is 0 Å². The lowest BCUT2D eigenvalue weighted by Crippen LogP contribution is -2.18. The summed E-state index contributed by atoms with van der Waals surface area (Å²) >= 11 is 5.29. The van der Waals surface area contributed by atoms with E-state index < -0.39 is 0 Å². The van der Waals surface area contributed by atoms with E-state index >= 15 is 0 Å². The van der Waals surface area contributed by atoms with Gasteiger partial charge in [0.1, 0.15) is 10.8 Å². The molecular formula is C16H21BrN2OS. The summed E-state index contributed by atoms with van der Waals surface area (Å²) in [5.74, 6) is 0.838. The summed E-state index contributed by atoms with van der Waals surface area (Å²) in [7, 11) is 1.67. The zero-order valence-corrected chi connectivity index (χ0v) is 15.3. The van der Waals surface area contributed by atoms with E-state index in [0.717, 1.165) is 39.5 Å². The maximum atomic E-state index is 5.27. The van der Waals surface area contributed by atoms with Crippen molar-refractivity contribution >= 4 is 27.3 Å². The lowest BCUT2D eigenvalue weighted by Gasteiger charge is -2.11. The third-order valence-electron chi connectivity index (χ3n) is 3.33. The number of hydrogen-bond acceptors (Lipinski definition) is 4. The van der Waals surface area contributed by atoms with Gasteiger partial charge in [-0.1, -0.05) is 6.92 Å². The van der Waals surface area contributed by atoms with Crippen LogP contribution in [0, 0.1) is 6.92 Å². The van der Waals surface area contributed by atoms with E-state index in [-0.39, 0.29) is 0 Å². The van der Waals surface area contributed by atoms with Gasteiger partial charge in [0.25, 0.3) is 0 Å². The van der Waals surface area contributed by atoms with Crippen LogP contribution in [0.15, 0.2) is 22.7 Å². The fourth-order valence-electron chi connectivity index (χ4n) is 2.19. The van der Waals surface area contributed by atoms with Crippen molar-refractivity contribution in [3.8, 4) is 16.3 Å². The molecule has 0 radical (unpaired) electrons. The van der Waals surface area contributed by atoms with Crippen molar-refractivity contribution in [1.29, 1.82) is 0 Å². The topological polar surface area (TPSA) is 34.1 Å². The van der Waals surface area contributed by atoms with E-state index in [4.69, 9.17) is 9.72 Å². The highest BCUT2D eigenvalue weighted by molar-refractivity contribution is 9.10. The molecule has 21 heavy (non-hydrogen) atoms. The molecule has 0 saturated heterocycles. The lowest BCUT2D eigenvalue weighted by molar-refractivity contribution is 0.412. The Balaban J connectivity index is 2.27. The van der Waals surface area contributed by atoms with Gasteiger partial charge in [-0.15, -0.1) is 11.3 Å². The number of ether oxygens (including phenoxy) is 1. The van der Waals surface area contributed by atoms with Gasteiger partial charge in [-0.3, -0.25) is 0 Å². The molecule has 1 heterocycles. The Kier molecular flexibility index (Phi) is 5.79. The van der Waals surface area contributed by atoms with Gasteiger partial charge in [-0.2, -0.15) is 0 Å². The first-order valence-electron chi connectivity index (χ1n) is 7.11. The summed E-state index contributed by atoms with van der Waals surface area (Å²) in [4.78, 5) is 6.03. The van der Waals surface area contributed by atoms with Crippen molar-refractivity contribution in [2.24, 2.45) is 0 Å². The van der Waals surface area contributed by atoms with Crippen LogP contribution in [0.25, 0.3) is 10.6 Å². The molecule has 2 aromatic rings. The molecule has 1 atom stereocenters. The average Bonchev–Trinajstić information content (AvgIpc) is 2.86. The monoisotopic (exact) mass is 368 g/mol. The van der Waals surface area contributed by atoms with Gasteiger partial charge in [0.05, 0.1) is 17.3 Å². The first-order chi connectivity index (χ1) is 10.1. The van der Waals surface area contributed by atoms with Crippen LogP contribution in [0.2, 0.25) is 0 Å². The summed E-state index contributed by atoms with van der Waals surface area (Å²) in [6, 6.07) is 6.42. The van der Waals surface area contributed by atoms with Crippen LogP contribution in [-0.2, 0) is 0 Å². The summed E-state index contributed by atoms with van der Waals surface area (Å²) < 4.78 is 6.23. The number of nitrogens with zero attached hydrogens (tertiary/aromatic N) is 1. The molecule has 0 aliphatic heterocycles. The smallest absolute Gasteiger partial charge is 0.133 e. The fraction of sp³-hybridized carbons (Fsp3) is 0.438. The van der Waals surface area contributed by atoms with Crippen molar-refractivity contribution in [3.05, 3.63) is 33.2 Å². The van der Waals surface area contributed by atoms with Crippen molar-refractivity contribution < 1.29 is 4.74 Å². The Morgan fingerprint density at radius 2 is 2.19 bits per heavy atom. The summed E-state index contributed by atoms with van der Waals surface area (Å²) in [6.45, 7) is 7.49. The number of aryl methyl sites for hydroxylation is 1. The number of hydrogen-bond donors (Lipinski definition) is 1. The number of aromatic nitrogens is 1. The van der Waals surface area contributed by atoms with Gasteiger partial charge in [-0.05, 0) is 60.9 Å². The number of nitrogens with one attached hydrogen (secondary N) is 1. The third kappa shape index (κ3) is 3.84. The molecule has 0 saturated carbocycles. The Bertz CT molecular complexity index is 612. The van der Waals surface area contributed by atoms with Gasteiger partial charge < -0.3 is 10.1 Å². The minimum atomic E-state index is 0.345. The van der Waals surface area contributed by atoms with Crippen molar-refractivity contribution in [1.82, 2.24) is 10.3 Å². The van der Waals surface area contributed by atoms with Crippen LogP contribution in [0.3, 0.4) is 0 Å². The Morgan fingerprint density at radius 3 is 2.81 bits per heavy atom. The third-order valence-corrected chi connectivity index (χ3v) is 5.33. The van der Waals surface area contributed by atoms with E-state index in [1.54, 1.807) is 18.4 Å². The van der Waals surface area contributed by atoms with Crippen LogP contribution >= 0.6 is 27.3 Å². The predicted molar refractivity (Wildman–Crippen MR) is 93.2 cm³/mol. The van der Waals surface area contributed by atoms with Crippen LogP contribution in [-0.4, -0.2) is 18.6 Å². The Labute approximate surface area is 138 Å². The zero-order valence-electron chi connectivity index (χ0n) is 12.9. The maximum absolute atomic E-state index is 5.27. The van der Waals surface area contributed by atoms with Crippen LogP contribution in [0.4, 0.5) is 0 Å². The van der Waals surface area contributed by atoms with Crippen molar-refractivity contribution in [3.63, 3.8) is 0 Å². The zero-order chi connectivity index (χ0) is 15.4. The summed E-state index contributed by atoms with van der Waals surface area (Å²) in [5, 5.41) is 4.58. The second kappa shape index (κ2) is 7.38. The minimum Gasteiger partial charge on any atom is -0.496 e. The summed E-state index contributed by atoms with van der Waals surface area (Å²) in [5.41, 5.74) is 2.22. The van der Waals surface area contributed by atoms with Crippen LogP contribution in [0.5, 0.6) is 5.75 Å². The molecule has 0 aliphatic carbocycles. The van der Waals surface area contributed by atoms with Crippen LogP contribution in [0.1, 0.15) is 36.9 Å². The highest BCUT2D eigenvalue weighted by atomic mass is 79.9. The molecule has 0 bridgehead atoms. The quantitative estimate of drug-likeness (QED) is 0.782. The molecule has 1 aromatic heterocycles. The molecule has 2 rings (SSSR count). The normalized spacial score (nSPS) is 12.4. The molecule has 1 unspecified atom stereocenters. The number of rotatable bonds is 6. The molecule has 0 amide bonds. The number of thiazole rings is 1. The first kappa shape index (κ1) is 16.5. The van der Waals surface area contributed by atoms with E-state index in [9.17, 15) is 0 Å². The maximum Gasteiger partial charge on any atom is 0.133 e. The molecule has 0 fully saturated rings. The van der Waals surface area contributed by atoms with Crippen molar-refractivity contribution in [2.75, 3.05) is 13.7 Å². The van der Waals surface area contributed by atoms with Gasteiger partial charge in [-0.25, -0.2) is 4.98 Å². The molecule has 1 N–H and O–H groups in total. The molecule has 3 nitrogen and oxygen atoms in total. The second-order valence-corrected chi connectivity index (χ2v) is 6.88. The molecule has 0 aliphatic rings. The SMILES string of the molecule is CCCNC(C)c1sc(-c2ccc(OC)c(Br)c2)nc1C. The average molecular weight is 369 g/mol. The van der Waals surface area contributed by atoms with Gasteiger partial charge in [0.2, 0.25) is 0 Å². The second-order valence-electron chi connectivity index (χ2n) is 4.99. The van der Waals surface area contributed by atoms with Crippen molar-refractivity contribution in [2.45, 2.75) is 33.2 Å². The molecular weight excluding hydrogens is 348 g/mol. The molecule has 0 spiro atoms. The van der Waals surface area contributed by atoms with Gasteiger partial charge in [0, 0.05) is 16.5 Å². The largest absolute Gasteiger partial charge is 0.496 e. The number of benzene rings is 1. The van der Waals surface area contributed by atoms with Crippen LogP contribution < -0.4 is 10.1 Å². The Hall–Kier alpha value is -0.910. The summed E-state index contributed by atoms with van der Waals surface area (Å²) in [6.07, 6.45) is 1.14. The van der Waals surface area contributed by atoms with E-state index in [1.165, 1.54) is 4.88 Å². The minimum absolute atomic E-state index is 0.345. The predicted octanol–water partition coefficient (Wildman–Crippen LogP) is 4.95.